The zero-order valence-corrected chi connectivity index (χ0v) is 14.5. The minimum Gasteiger partial charge on any atom is -0.478 e. The molecule has 118 valence electrons. The first-order valence-corrected chi connectivity index (χ1v) is 8.86. The highest BCUT2D eigenvalue weighted by atomic mass is 32.2. The lowest BCUT2D eigenvalue weighted by molar-refractivity contribution is 0.0693. The number of nitrogens with zero attached hydrogens (tertiary/aromatic N) is 1. The van der Waals surface area contributed by atoms with Crippen molar-refractivity contribution >= 4 is 27.8 Å². The van der Waals surface area contributed by atoms with Crippen LogP contribution in [0.25, 0.3) is 0 Å². The molecule has 0 spiro atoms. The van der Waals surface area contributed by atoms with Gasteiger partial charge in [0.1, 0.15) is 0 Å². The van der Waals surface area contributed by atoms with Crippen molar-refractivity contribution in [1.29, 1.82) is 0 Å². The zero-order chi connectivity index (χ0) is 16.4. The van der Waals surface area contributed by atoms with Crippen molar-refractivity contribution in [2.75, 3.05) is 14.1 Å². The summed E-state index contributed by atoms with van der Waals surface area (Å²) in [6.07, 6.45) is 0. The highest BCUT2D eigenvalue weighted by Gasteiger charge is 2.22. The second-order valence-electron chi connectivity index (χ2n) is 5.32. The normalized spacial score (nSPS) is 13.7. The maximum atomic E-state index is 12.1. The van der Waals surface area contributed by atoms with Gasteiger partial charge in [-0.15, -0.1) is 11.8 Å². The minimum absolute atomic E-state index is 0.00792. The number of rotatable bonds is 6. The second-order valence-corrected chi connectivity index (χ2v) is 8.89. The van der Waals surface area contributed by atoms with Gasteiger partial charge in [-0.25, -0.2) is 17.5 Å². The lowest BCUT2D eigenvalue weighted by atomic mass is 10.2. The number of carboxylic acids is 1. The molecule has 21 heavy (non-hydrogen) atoms. The molecule has 1 N–H and O–H groups in total. The molecule has 0 radical (unpaired) electrons. The summed E-state index contributed by atoms with van der Waals surface area (Å²) >= 11 is 1.45. The quantitative estimate of drug-likeness (QED) is 0.811. The molecular weight excluding hydrogens is 310 g/mol. The van der Waals surface area contributed by atoms with E-state index in [9.17, 15) is 18.3 Å². The molecule has 7 heteroatoms. The van der Waals surface area contributed by atoms with Crippen LogP contribution in [0.3, 0.4) is 0 Å². The lowest BCUT2D eigenvalue weighted by Gasteiger charge is -2.17. The van der Waals surface area contributed by atoms with Crippen molar-refractivity contribution in [3.05, 3.63) is 23.8 Å². The molecule has 0 aliphatic rings. The summed E-state index contributed by atoms with van der Waals surface area (Å²) in [7, 11) is -0.802. The highest BCUT2D eigenvalue weighted by Crippen LogP contribution is 2.32. The number of sulfonamides is 1. The van der Waals surface area contributed by atoms with E-state index in [0.29, 0.717) is 10.8 Å². The van der Waals surface area contributed by atoms with Crippen LogP contribution in [-0.4, -0.2) is 43.1 Å². The molecule has 0 aliphatic carbocycles. The Morgan fingerprint density at radius 2 is 1.81 bits per heavy atom. The average molecular weight is 331 g/mol. The third-order valence-corrected chi connectivity index (χ3v) is 6.55. The molecule has 0 amide bonds. The Bertz CT molecular complexity index is 624. The van der Waals surface area contributed by atoms with Crippen LogP contribution >= 0.6 is 11.8 Å². The number of aromatic carboxylic acids is 1. The van der Waals surface area contributed by atoms with Gasteiger partial charge < -0.3 is 5.11 Å². The van der Waals surface area contributed by atoms with E-state index in [1.54, 1.807) is 6.07 Å². The first kappa shape index (κ1) is 18.0. The summed E-state index contributed by atoms with van der Waals surface area (Å²) in [6, 6.07) is 4.26. The number of hydrogen-bond donors (Lipinski definition) is 1. The van der Waals surface area contributed by atoms with Crippen molar-refractivity contribution in [1.82, 2.24) is 4.31 Å². The van der Waals surface area contributed by atoms with Crippen molar-refractivity contribution in [3.8, 4) is 0 Å². The Morgan fingerprint density at radius 3 is 2.24 bits per heavy atom. The molecule has 1 unspecified atom stereocenters. The van der Waals surface area contributed by atoms with Crippen molar-refractivity contribution in [2.45, 2.75) is 35.8 Å². The maximum absolute atomic E-state index is 12.1. The van der Waals surface area contributed by atoms with Gasteiger partial charge in [0.05, 0.1) is 10.5 Å². The van der Waals surface area contributed by atoms with Crippen LogP contribution in [0.5, 0.6) is 0 Å². The van der Waals surface area contributed by atoms with Crippen LogP contribution in [0.4, 0.5) is 0 Å². The van der Waals surface area contributed by atoms with Gasteiger partial charge in [0.15, 0.2) is 0 Å². The van der Waals surface area contributed by atoms with Gasteiger partial charge in [-0.1, -0.05) is 20.8 Å². The fourth-order valence-electron chi connectivity index (χ4n) is 1.49. The van der Waals surface area contributed by atoms with Gasteiger partial charge in [-0.05, 0) is 24.1 Å². The van der Waals surface area contributed by atoms with Gasteiger partial charge in [-0.2, -0.15) is 0 Å². The molecule has 5 nitrogen and oxygen atoms in total. The molecule has 0 aliphatic heterocycles. The van der Waals surface area contributed by atoms with Gasteiger partial charge in [-0.3, -0.25) is 0 Å². The molecule has 0 saturated carbocycles. The van der Waals surface area contributed by atoms with E-state index < -0.39 is 16.0 Å². The molecular formula is C14H21NO4S2. The molecule has 1 atom stereocenters. The highest BCUT2D eigenvalue weighted by molar-refractivity contribution is 8.00. The minimum atomic E-state index is -3.63. The Morgan fingerprint density at radius 1 is 1.24 bits per heavy atom. The Balaban J connectivity index is 3.30. The van der Waals surface area contributed by atoms with E-state index in [0.717, 1.165) is 4.31 Å². The number of hydrogen-bond acceptors (Lipinski definition) is 4. The van der Waals surface area contributed by atoms with Gasteiger partial charge in [0, 0.05) is 24.2 Å². The summed E-state index contributed by atoms with van der Waals surface area (Å²) < 4.78 is 25.2. The first-order valence-electron chi connectivity index (χ1n) is 6.54. The fraction of sp³-hybridized carbons (Fsp3) is 0.500. The fourth-order valence-corrected chi connectivity index (χ4v) is 3.51. The summed E-state index contributed by atoms with van der Waals surface area (Å²) in [6.45, 7) is 6.14. The zero-order valence-electron chi connectivity index (χ0n) is 12.8. The van der Waals surface area contributed by atoms with E-state index in [4.69, 9.17) is 0 Å². The number of benzene rings is 1. The summed E-state index contributed by atoms with van der Waals surface area (Å²) in [5.41, 5.74) is 0.0235. The van der Waals surface area contributed by atoms with E-state index in [1.807, 2.05) is 6.92 Å². The van der Waals surface area contributed by atoms with Gasteiger partial charge in [0.25, 0.3) is 0 Å². The predicted octanol–water partition coefficient (Wildman–Crippen LogP) is 2.77. The Labute approximate surface area is 130 Å². The number of carboxylic acid groups (broad SMARTS) is 1. The first-order chi connectivity index (χ1) is 9.57. The smallest absolute Gasteiger partial charge is 0.336 e. The number of carbonyl (C=O) groups is 1. The van der Waals surface area contributed by atoms with Crippen LogP contribution < -0.4 is 0 Å². The van der Waals surface area contributed by atoms with Crippen LogP contribution in [-0.2, 0) is 10.0 Å². The summed E-state index contributed by atoms with van der Waals surface area (Å²) in [4.78, 5) is 12.0. The molecule has 1 aromatic rings. The van der Waals surface area contributed by atoms with Gasteiger partial charge >= 0.3 is 5.97 Å². The van der Waals surface area contributed by atoms with E-state index >= 15 is 0 Å². The van der Waals surface area contributed by atoms with Crippen molar-refractivity contribution in [2.24, 2.45) is 5.92 Å². The Kier molecular flexibility index (Phi) is 5.83. The average Bonchev–Trinajstić information content (AvgIpc) is 2.38. The third kappa shape index (κ3) is 4.21. The number of thioether (sulfide) groups is 1. The predicted molar refractivity (Wildman–Crippen MR) is 84.4 cm³/mol. The molecule has 0 saturated heterocycles. The Hall–Kier alpha value is -1.05. The molecule has 1 rings (SSSR count). The monoisotopic (exact) mass is 331 g/mol. The van der Waals surface area contributed by atoms with Gasteiger partial charge in [0.2, 0.25) is 10.0 Å². The molecule has 0 bridgehead atoms. The van der Waals surface area contributed by atoms with Crippen LogP contribution in [0.15, 0.2) is 28.0 Å². The molecule has 0 heterocycles. The van der Waals surface area contributed by atoms with Crippen LogP contribution in [0.1, 0.15) is 31.1 Å². The van der Waals surface area contributed by atoms with Crippen LogP contribution in [0.2, 0.25) is 0 Å². The standard InChI is InChI=1S/C14H21NO4S2/c1-9(2)10(3)20-13-7-6-11(8-12(13)14(16)17)21(18,19)15(4)5/h6-10H,1-5H3,(H,16,17). The van der Waals surface area contributed by atoms with Crippen molar-refractivity contribution < 1.29 is 18.3 Å². The lowest BCUT2D eigenvalue weighted by Crippen LogP contribution is -2.22. The maximum Gasteiger partial charge on any atom is 0.336 e. The SMILES string of the molecule is CC(C)C(C)Sc1ccc(S(=O)(=O)N(C)C)cc1C(=O)O. The third-order valence-electron chi connectivity index (χ3n) is 3.21. The summed E-state index contributed by atoms with van der Waals surface area (Å²) in [5.74, 6) is -0.730. The molecule has 0 aromatic heterocycles. The second kappa shape index (κ2) is 6.81. The summed E-state index contributed by atoms with van der Waals surface area (Å²) in [5, 5.41) is 9.56. The largest absolute Gasteiger partial charge is 0.478 e. The molecule has 1 aromatic carbocycles. The van der Waals surface area contributed by atoms with E-state index in [2.05, 4.69) is 13.8 Å². The topological polar surface area (TPSA) is 74.7 Å². The van der Waals surface area contributed by atoms with E-state index in [-0.39, 0.29) is 15.7 Å². The van der Waals surface area contributed by atoms with E-state index in [1.165, 1.54) is 38.0 Å². The molecule has 0 fully saturated rings. The van der Waals surface area contributed by atoms with Crippen LogP contribution in [0, 0.1) is 5.92 Å². The van der Waals surface area contributed by atoms with Crippen molar-refractivity contribution in [3.63, 3.8) is 0 Å².